The van der Waals surface area contributed by atoms with Gasteiger partial charge in [-0.1, -0.05) is 37.6 Å². The molecule has 7 nitrogen and oxygen atoms in total. The molecule has 2 heterocycles. The van der Waals surface area contributed by atoms with E-state index in [0.717, 1.165) is 29.8 Å². The summed E-state index contributed by atoms with van der Waals surface area (Å²) in [5, 5.41) is 7.63. The van der Waals surface area contributed by atoms with E-state index in [-0.39, 0.29) is 5.41 Å². The molecule has 1 aromatic heterocycles. The highest BCUT2D eigenvalue weighted by atomic mass is 35.5. The predicted octanol–water partition coefficient (Wildman–Crippen LogP) is 5.60. The number of anilines is 4. The molecule has 1 aliphatic rings. The van der Waals surface area contributed by atoms with Crippen molar-refractivity contribution in [3.8, 4) is 5.75 Å². The summed E-state index contributed by atoms with van der Waals surface area (Å²) in [6, 6.07) is 11.7. The summed E-state index contributed by atoms with van der Waals surface area (Å²) in [5.74, 6) is 1.53. The van der Waals surface area contributed by atoms with Crippen LogP contribution in [-0.2, 0) is 16.5 Å². The molecule has 0 aliphatic carbocycles. The molecule has 0 saturated carbocycles. The van der Waals surface area contributed by atoms with E-state index in [1.165, 1.54) is 11.1 Å². The smallest absolute Gasteiger partial charge is 0.229 e. The SMILES string of the molecule is COc1cc2c(cc1Nc1ncc(Cl)c(Nc3ccccc3P(C)(C)=O)n1)CN(C)CC2(C)C. The molecule has 9 heteroatoms. The molecule has 34 heavy (non-hydrogen) atoms. The molecule has 1 aliphatic heterocycles. The van der Waals surface area contributed by atoms with Crippen molar-refractivity contribution < 1.29 is 9.30 Å². The lowest BCUT2D eigenvalue weighted by atomic mass is 9.78. The molecule has 2 aromatic carbocycles. The minimum Gasteiger partial charge on any atom is -0.495 e. The van der Waals surface area contributed by atoms with Crippen LogP contribution in [0.1, 0.15) is 25.0 Å². The average Bonchev–Trinajstić information content (AvgIpc) is 2.74. The Balaban J connectivity index is 1.68. The molecule has 0 saturated heterocycles. The van der Waals surface area contributed by atoms with Gasteiger partial charge in [0.2, 0.25) is 5.95 Å². The Labute approximate surface area is 206 Å². The Bertz CT molecular complexity index is 1270. The predicted molar refractivity (Wildman–Crippen MR) is 141 cm³/mol. The molecular formula is C25H31ClN5O2P. The Kier molecular flexibility index (Phi) is 6.65. The largest absolute Gasteiger partial charge is 0.495 e. The van der Waals surface area contributed by atoms with Crippen LogP contribution in [0.2, 0.25) is 5.02 Å². The number of nitrogens with one attached hydrogen (secondary N) is 2. The number of ether oxygens (including phenoxy) is 1. The van der Waals surface area contributed by atoms with Gasteiger partial charge in [-0.2, -0.15) is 4.98 Å². The lowest BCUT2D eigenvalue weighted by Crippen LogP contribution is -2.39. The van der Waals surface area contributed by atoms with Gasteiger partial charge in [-0.25, -0.2) is 4.98 Å². The summed E-state index contributed by atoms with van der Waals surface area (Å²) in [7, 11) is 1.30. The second-order valence-electron chi connectivity index (χ2n) is 9.77. The first-order chi connectivity index (χ1) is 16.0. The van der Waals surface area contributed by atoms with Gasteiger partial charge in [0.25, 0.3) is 0 Å². The fourth-order valence-corrected chi connectivity index (χ4v) is 5.86. The van der Waals surface area contributed by atoms with Crippen LogP contribution in [0.25, 0.3) is 0 Å². The van der Waals surface area contributed by atoms with Crippen molar-refractivity contribution in [2.75, 3.05) is 44.7 Å². The third kappa shape index (κ3) is 5.07. The molecule has 0 atom stereocenters. The quantitative estimate of drug-likeness (QED) is 0.427. The van der Waals surface area contributed by atoms with Crippen molar-refractivity contribution in [1.82, 2.24) is 14.9 Å². The molecule has 0 bridgehead atoms. The first kappa shape index (κ1) is 24.5. The highest BCUT2D eigenvalue weighted by Gasteiger charge is 2.31. The number of methoxy groups -OCH3 is 1. The normalized spacial score (nSPS) is 15.5. The number of benzene rings is 2. The van der Waals surface area contributed by atoms with Crippen LogP contribution >= 0.6 is 18.7 Å². The average molecular weight is 500 g/mol. The van der Waals surface area contributed by atoms with Gasteiger partial charge in [0.05, 0.1) is 24.7 Å². The van der Waals surface area contributed by atoms with E-state index in [2.05, 4.69) is 58.5 Å². The molecule has 180 valence electrons. The zero-order valence-electron chi connectivity index (χ0n) is 20.4. The Morgan fingerprint density at radius 1 is 1.15 bits per heavy atom. The maximum atomic E-state index is 12.7. The number of likely N-dealkylation sites (N-methyl/N-ethyl adjacent to an activating group) is 1. The summed E-state index contributed by atoms with van der Waals surface area (Å²) >= 11 is 6.40. The van der Waals surface area contributed by atoms with Gasteiger partial charge in [0.1, 0.15) is 17.9 Å². The first-order valence-electron chi connectivity index (χ1n) is 11.1. The van der Waals surface area contributed by atoms with Crippen LogP contribution in [-0.4, -0.2) is 48.9 Å². The lowest BCUT2D eigenvalue weighted by molar-refractivity contribution is 0.235. The van der Waals surface area contributed by atoms with E-state index in [0.29, 0.717) is 22.5 Å². The molecule has 0 fully saturated rings. The third-order valence-corrected chi connectivity index (χ3v) is 7.81. The van der Waals surface area contributed by atoms with E-state index < -0.39 is 7.14 Å². The van der Waals surface area contributed by atoms with Crippen LogP contribution in [0.4, 0.5) is 23.1 Å². The number of para-hydroxylation sites is 1. The number of fused-ring (bicyclic) bond motifs is 1. The van der Waals surface area contributed by atoms with Crippen LogP contribution < -0.4 is 20.7 Å². The van der Waals surface area contributed by atoms with Crippen LogP contribution in [0.3, 0.4) is 0 Å². The van der Waals surface area contributed by atoms with Gasteiger partial charge < -0.3 is 24.8 Å². The molecular weight excluding hydrogens is 469 g/mol. The summed E-state index contributed by atoms with van der Waals surface area (Å²) in [6.07, 6.45) is 1.54. The van der Waals surface area contributed by atoms with Crippen molar-refractivity contribution in [1.29, 1.82) is 0 Å². The van der Waals surface area contributed by atoms with Crippen molar-refractivity contribution in [2.45, 2.75) is 25.8 Å². The van der Waals surface area contributed by atoms with Gasteiger partial charge >= 0.3 is 0 Å². The maximum absolute atomic E-state index is 12.7. The van der Waals surface area contributed by atoms with Gasteiger partial charge in [0, 0.05) is 23.8 Å². The highest BCUT2D eigenvalue weighted by molar-refractivity contribution is 7.70. The van der Waals surface area contributed by atoms with Crippen molar-refractivity contribution in [3.05, 3.63) is 58.7 Å². The zero-order chi connectivity index (χ0) is 24.7. The molecule has 4 rings (SSSR count). The Morgan fingerprint density at radius 2 is 1.88 bits per heavy atom. The molecule has 2 N–H and O–H groups in total. The van der Waals surface area contributed by atoms with Gasteiger partial charge in [-0.3, -0.25) is 0 Å². The number of hydrogen-bond acceptors (Lipinski definition) is 7. The number of rotatable bonds is 6. The topological polar surface area (TPSA) is 79.4 Å². The standard InChI is InChI=1S/C25H31ClN5O2P/c1-25(2)15-31(3)14-16-11-20(21(33-4)12-17(16)25)29-24-27-13-18(26)23(30-24)28-19-9-7-8-10-22(19)34(5,6)32/h7-13H,14-15H2,1-6H3,(H2,27,28,29,30). The molecule has 0 radical (unpaired) electrons. The molecule has 0 spiro atoms. The van der Waals surface area contributed by atoms with Crippen LogP contribution in [0, 0.1) is 0 Å². The first-order valence-corrected chi connectivity index (χ1v) is 14.1. The fraction of sp³-hybridized carbons (Fsp3) is 0.360. The minimum absolute atomic E-state index is 0.0212. The summed E-state index contributed by atoms with van der Waals surface area (Å²) in [6.45, 7) is 9.81. The summed E-state index contributed by atoms with van der Waals surface area (Å²) < 4.78 is 18.4. The van der Waals surface area contributed by atoms with Crippen LogP contribution in [0.15, 0.2) is 42.6 Å². The maximum Gasteiger partial charge on any atom is 0.229 e. The van der Waals surface area contributed by atoms with E-state index in [1.807, 2.05) is 24.3 Å². The summed E-state index contributed by atoms with van der Waals surface area (Å²) in [4.78, 5) is 11.3. The van der Waals surface area contributed by atoms with E-state index in [9.17, 15) is 4.57 Å². The molecule has 0 amide bonds. The zero-order valence-corrected chi connectivity index (χ0v) is 22.1. The van der Waals surface area contributed by atoms with Crippen LogP contribution in [0.5, 0.6) is 5.75 Å². The highest BCUT2D eigenvalue weighted by Crippen LogP contribution is 2.40. The Hall–Kier alpha value is -2.60. The molecule has 3 aromatic rings. The second-order valence-corrected chi connectivity index (χ2v) is 13.4. The van der Waals surface area contributed by atoms with Gasteiger partial charge in [-0.05, 0) is 55.8 Å². The van der Waals surface area contributed by atoms with E-state index >= 15 is 0 Å². The number of nitrogens with zero attached hydrogens (tertiary/aromatic N) is 3. The van der Waals surface area contributed by atoms with Crippen molar-refractivity contribution in [3.63, 3.8) is 0 Å². The summed E-state index contributed by atoms with van der Waals surface area (Å²) in [5.41, 5.74) is 4.04. The van der Waals surface area contributed by atoms with Gasteiger partial charge in [0.15, 0.2) is 5.82 Å². The van der Waals surface area contributed by atoms with E-state index in [4.69, 9.17) is 16.3 Å². The number of aromatic nitrogens is 2. The number of halogens is 1. The van der Waals surface area contributed by atoms with Crippen molar-refractivity contribution >= 4 is 47.2 Å². The third-order valence-electron chi connectivity index (χ3n) is 5.99. The molecule has 0 unspecified atom stereocenters. The lowest BCUT2D eigenvalue weighted by Gasteiger charge is -2.38. The van der Waals surface area contributed by atoms with Crippen molar-refractivity contribution in [2.24, 2.45) is 0 Å². The minimum atomic E-state index is -2.50. The Morgan fingerprint density at radius 3 is 2.59 bits per heavy atom. The monoisotopic (exact) mass is 499 g/mol. The van der Waals surface area contributed by atoms with Gasteiger partial charge in [-0.15, -0.1) is 0 Å². The number of hydrogen-bond donors (Lipinski definition) is 2. The second kappa shape index (κ2) is 9.21. The fourth-order valence-electron chi connectivity index (χ4n) is 4.57. The van der Waals surface area contributed by atoms with E-state index in [1.54, 1.807) is 26.6 Å².